The Morgan fingerprint density at radius 1 is 0.870 bits per heavy atom. The lowest BCUT2D eigenvalue weighted by Gasteiger charge is -2.08. The summed E-state index contributed by atoms with van der Waals surface area (Å²) in [5, 5.41) is 0. The second-order valence-electron chi connectivity index (χ2n) is 4.96. The predicted octanol–water partition coefficient (Wildman–Crippen LogP) is 3.97. The van der Waals surface area contributed by atoms with Gasteiger partial charge in [0, 0.05) is 6.20 Å². The van der Waals surface area contributed by atoms with E-state index in [-0.39, 0.29) is 16.7 Å². The van der Waals surface area contributed by atoms with Crippen molar-refractivity contribution in [2.45, 2.75) is 6.18 Å². The van der Waals surface area contributed by atoms with E-state index in [4.69, 9.17) is 0 Å². The van der Waals surface area contributed by atoms with Gasteiger partial charge in [-0.2, -0.15) is 13.2 Å². The van der Waals surface area contributed by atoms with Crippen molar-refractivity contribution in [1.82, 2.24) is 4.90 Å². The molecule has 0 unspecified atom stereocenters. The quantitative estimate of drug-likeness (QED) is 0.786. The molecule has 0 aliphatic carbocycles. The summed E-state index contributed by atoms with van der Waals surface area (Å²) in [4.78, 5) is 25.2. The highest BCUT2D eigenvalue weighted by Gasteiger charge is 2.33. The normalized spacial score (nSPS) is 14.7. The van der Waals surface area contributed by atoms with Crippen LogP contribution < -0.4 is 0 Å². The van der Waals surface area contributed by atoms with Crippen LogP contribution in [-0.2, 0) is 6.18 Å². The minimum absolute atomic E-state index is 0.247. The second kappa shape index (κ2) is 5.39. The lowest BCUT2D eigenvalue weighted by molar-refractivity contribution is -0.137. The Morgan fingerprint density at radius 3 is 2.04 bits per heavy atom. The van der Waals surface area contributed by atoms with E-state index in [0.717, 1.165) is 17.0 Å². The zero-order valence-corrected chi connectivity index (χ0v) is 11.7. The first-order chi connectivity index (χ1) is 10.9. The molecule has 116 valence electrons. The zero-order valence-electron chi connectivity index (χ0n) is 11.7. The van der Waals surface area contributed by atoms with Gasteiger partial charge in [-0.05, 0) is 35.9 Å². The minimum Gasteiger partial charge on any atom is -0.268 e. The zero-order chi connectivity index (χ0) is 16.6. The summed E-state index contributed by atoms with van der Waals surface area (Å²) < 4.78 is 38.0. The van der Waals surface area contributed by atoms with E-state index >= 15 is 0 Å². The van der Waals surface area contributed by atoms with Crippen molar-refractivity contribution in [2.75, 3.05) is 0 Å². The number of alkyl halides is 3. The molecule has 0 aromatic heterocycles. The third-order valence-electron chi connectivity index (χ3n) is 3.46. The van der Waals surface area contributed by atoms with E-state index in [0.29, 0.717) is 0 Å². The van der Waals surface area contributed by atoms with Crippen molar-refractivity contribution in [3.63, 3.8) is 0 Å². The molecule has 0 spiro atoms. The van der Waals surface area contributed by atoms with E-state index in [2.05, 4.69) is 0 Å². The molecular weight excluding hydrogens is 307 g/mol. The van der Waals surface area contributed by atoms with E-state index in [1.807, 2.05) is 0 Å². The molecular formula is C17H10F3NO2. The van der Waals surface area contributed by atoms with Gasteiger partial charge in [-0.1, -0.05) is 24.3 Å². The van der Waals surface area contributed by atoms with Crippen molar-refractivity contribution in [3.8, 4) is 0 Å². The van der Waals surface area contributed by atoms with E-state index < -0.39 is 23.6 Å². The van der Waals surface area contributed by atoms with Crippen LogP contribution in [0.3, 0.4) is 0 Å². The summed E-state index contributed by atoms with van der Waals surface area (Å²) in [5.74, 6) is -0.984. The Balaban J connectivity index is 1.88. The molecule has 0 saturated heterocycles. The van der Waals surface area contributed by atoms with Crippen LogP contribution in [0.5, 0.6) is 0 Å². The smallest absolute Gasteiger partial charge is 0.268 e. The topological polar surface area (TPSA) is 37.4 Å². The lowest BCUT2D eigenvalue weighted by Crippen LogP contribution is -2.23. The SMILES string of the molecule is O=C1c2ccccc2C(=O)N1/C=C/c1cccc(C(F)(F)F)c1. The number of imide groups is 1. The number of nitrogens with zero attached hydrogens (tertiary/aromatic N) is 1. The average Bonchev–Trinajstić information content (AvgIpc) is 2.77. The van der Waals surface area contributed by atoms with E-state index in [9.17, 15) is 22.8 Å². The first-order valence-corrected chi connectivity index (χ1v) is 6.70. The van der Waals surface area contributed by atoms with Crippen LogP contribution in [0.4, 0.5) is 13.2 Å². The first kappa shape index (κ1) is 15.0. The van der Waals surface area contributed by atoms with Gasteiger partial charge in [0.15, 0.2) is 0 Å². The molecule has 0 radical (unpaired) electrons. The molecule has 0 fully saturated rings. The van der Waals surface area contributed by atoms with Gasteiger partial charge in [-0.3, -0.25) is 9.59 Å². The molecule has 2 aromatic carbocycles. The second-order valence-corrected chi connectivity index (χ2v) is 4.96. The molecule has 1 heterocycles. The number of hydrogen-bond acceptors (Lipinski definition) is 2. The van der Waals surface area contributed by atoms with Gasteiger partial charge in [-0.25, -0.2) is 4.90 Å². The summed E-state index contributed by atoms with van der Waals surface area (Å²) in [7, 11) is 0. The molecule has 1 aliphatic rings. The fourth-order valence-electron chi connectivity index (χ4n) is 2.32. The molecule has 3 rings (SSSR count). The number of benzene rings is 2. The monoisotopic (exact) mass is 317 g/mol. The maximum atomic E-state index is 12.7. The fourth-order valence-corrected chi connectivity index (χ4v) is 2.32. The van der Waals surface area contributed by atoms with Gasteiger partial charge < -0.3 is 0 Å². The Morgan fingerprint density at radius 2 is 1.48 bits per heavy atom. The van der Waals surface area contributed by atoms with Crippen molar-refractivity contribution in [2.24, 2.45) is 0 Å². The molecule has 6 heteroatoms. The predicted molar refractivity (Wildman–Crippen MR) is 77.4 cm³/mol. The van der Waals surface area contributed by atoms with Crippen molar-refractivity contribution in [3.05, 3.63) is 77.0 Å². The maximum Gasteiger partial charge on any atom is 0.416 e. The Bertz CT molecular complexity index is 790. The molecule has 2 amide bonds. The fraction of sp³-hybridized carbons (Fsp3) is 0.0588. The number of rotatable bonds is 2. The summed E-state index contributed by atoms with van der Waals surface area (Å²) in [6.07, 6.45) is -1.95. The van der Waals surface area contributed by atoms with E-state index in [1.54, 1.807) is 12.1 Å². The van der Waals surface area contributed by atoms with Gasteiger partial charge in [-0.15, -0.1) is 0 Å². The molecule has 1 aliphatic heterocycles. The number of carbonyl (C=O) groups is 2. The largest absolute Gasteiger partial charge is 0.416 e. The molecule has 0 atom stereocenters. The van der Waals surface area contributed by atoms with Gasteiger partial charge in [0.1, 0.15) is 0 Å². The molecule has 0 bridgehead atoms. The Labute approximate surface area is 129 Å². The van der Waals surface area contributed by atoms with E-state index in [1.165, 1.54) is 36.5 Å². The van der Waals surface area contributed by atoms with Crippen molar-refractivity contribution in [1.29, 1.82) is 0 Å². The summed E-state index contributed by atoms with van der Waals surface area (Å²) in [6, 6.07) is 11.0. The summed E-state index contributed by atoms with van der Waals surface area (Å²) >= 11 is 0. The van der Waals surface area contributed by atoms with Crippen molar-refractivity contribution >= 4 is 17.9 Å². The van der Waals surface area contributed by atoms with Crippen LogP contribution >= 0.6 is 0 Å². The van der Waals surface area contributed by atoms with Crippen LogP contribution in [0.25, 0.3) is 6.08 Å². The maximum absolute atomic E-state index is 12.7. The first-order valence-electron chi connectivity index (χ1n) is 6.70. The molecule has 3 nitrogen and oxygen atoms in total. The Kier molecular flexibility index (Phi) is 3.52. The number of fused-ring (bicyclic) bond motifs is 1. The number of halogens is 3. The molecule has 2 aromatic rings. The van der Waals surface area contributed by atoms with Gasteiger partial charge in [0.25, 0.3) is 11.8 Å². The standard InChI is InChI=1S/C17H10F3NO2/c18-17(19,20)12-5-3-4-11(10-12)8-9-21-15(22)13-6-1-2-7-14(13)16(21)23/h1-10H/b9-8+. The highest BCUT2D eigenvalue weighted by molar-refractivity contribution is 6.22. The highest BCUT2D eigenvalue weighted by atomic mass is 19.4. The summed E-state index contributed by atoms with van der Waals surface area (Å²) in [6.45, 7) is 0. The average molecular weight is 317 g/mol. The number of amides is 2. The third kappa shape index (κ3) is 2.75. The minimum atomic E-state index is -4.45. The van der Waals surface area contributed by atoms with Gasteiger partial charge in [0.05, 0.1) is 16.7 Å². The molecule has 0 N–H and O–H groups in total. The van der Waals surface area contributed by atoms with Crippen LogP contribution in [-0.4, -0.2) is 16.7 Å². The Hall–Kier alpha value is -2.89. The third-order valence-corrected chi connectivity index (χ3v) is 3.46. The highest BCUT2D eigenvalue weighted by Crippen LogP contribution is 2.30. The number of carbonyl (C=O) groups excluding carboxylic acids is 2. The summed E-state index contributed by atoms with van der Waals surface area (Å²) in [5.41, 5.74) is 0.0239. The molecule has 23 heavy (non-hydrogen) atoms. The van der Waals surface area contributed by atoms with Crippen LogP contribution in [0.15, 0.2) is 54.7 Å². The van der Waals surface area contributed by atoms with Gasteiger partial charge >= 0.3 is 6.18 Å². The van der Waals surface area contributed by atoms with Crippen LogP contribution in [0.1, 0.15) is 31.8 Å². The van der Waals surface area contributed by atoms with Crippen LogP contribution in [0, 0.1) is 0 Å². The van der Waals surface area contributed by atoms with Gasteiger partial charge in [0.2, 0.25) is 0 Å². The molecule has 0 saturated carbocycles. The lowest BCUT2D eigenvalue weighted by atomic mass is 10.1. The van der Waals surface area contributed by atoms with Crippen LogP contribution in [0.2, 0.25) is 0 Å². The number of hydrogen-bond donors (Lipinski definition) is 0. The van der Waals surface area contributed by atoms with Crippen molar-refractivity contribution < 1.29 is 22.8 Å².